The van der Waals surface area contributed by atoms with Crippen molar-refractivity contribution in [3.8, 4) is 5.69 Å². The number of aliphatic hydroxyl groups is 1. The highest BCUT2D eigenvalue weighted by Crippen LogP contribution is 2.17. The van der Waals surface area contributed by atoms with Crippen molar-refractivity contribution in [1.82, 2.24) is 25.5 Å². The summed E-state index contributed by atoms with van der Waals surface area (Å²) in [5, 5.41) is 23.6. The fourth-order valence-corrected chi connectivity index (χ4v) is 2.22. The Morgan fingerprint density at radius 1 is 1.35 bits per heavy atom. The number of rotatable bonds is 7. The summed E-state index contributed by atoms with van der Waals surface area (Å²) in [7, 11) is 0. The van der Waals surface area contributed by atoms with E-state index in [-0.39, 0.29) is 12.6 Å². The topological polar surface area (TPSA) is 75.9 Å². The van der Waals surface area contributed by atoms with Crippen molar-refractivity contribution >= 4 is 0 Å². The molecule has 0 amide bonds. The van der Waals surface area contributed by atoms with Gasteiger partial charge >= 0.3 is 0 Å². The van der Waals surface area contributed by atoms with Gasteiger partial charge in [-0.1, -0.05) is 12.1 Å². The van der Waals surface area contributed by atoms with Gasteiger partial charge < -0.3 is 10.4 Å². The first kappa shape index (κ1) is 14.6. The molecule has 2 N–H and O–H groups in total. The van der Waals surface area contributed by atoms with Crippen LogP contribution in [0.15, 0.2) is 30.6 Å². The van der Waals surface area contributed by atoms with Gasteiger partial charge in [-0.05, 0) is 54.8 Å². The highest BCUT2D eigenvalue weighted by molar-refractivity contribution is 5.35. The van der Waals surface area contributed by atoms with Crippen LogP contribution >= 0.6 is 0 Å². The van der Waals surface area contributed by atoms with Crippen molar-refractivity contribution in [2.24, 2.45) is 0 Å². The second-order valence-corrected chi connectivity index (χ2v) is 5.00. The van der Waals surface area contributed by atoms with Crippen molar-refractivity contribution in [3.05, 3.63) is 36.2 Å². The fraction of sp³-hybridized carbons (Fsp3) is 0.500. The smallest absolute Gasteiger partial charge is 0.143 e. The van der Waals surface area contributed by atoms with Gasteiger partial charge in [0.1, 0.15) is 6.33 Å². The molecule has 0 saturated heterocycles. The van der Waals surface area contributed by atoms with Crippen LogP contribution in [0.4, 0.5) is 0 Å². The minimum absolute atomic E-state index is 0.236. The normalized spacial score (nSPS) is 14.2. The molecule has 0 fully saturated rings. The van der Waals surface area contributed by atoms with Crippen LogP contribution in [0.3, 0.4) is 0 Å². The van der Waals surface area contributed by atoms with Crippen LogP contribution in [-0.4, -0.2) is 38.0 Å². The first-order chi connectivity index (χ1) is 9.70. The van der Waals surface area contributed by atoms with Crippen LogP contribution in [-0.2, 0) is 0 Å². The van der Waals surface area contributed by atoms with E-state index in [1.54, 1.807) is 11.0 Å². The molecule has 6 nitrogen and oxygen atoms in total. The Labute approximate surface area is 118 Å². The number of aromatic nitrogens is 4. The van der Waals surface area contributed by atoms with Crippen molar-refractivity contribution in [3.63, 3.8) is 0 Å². The molecule has 0 radical (unpaired) electrons. The molecule has 0 spiro atoms. The molecule has 0 aliphatic heterocycles. The van der Waals surface area contributed by atoms with Crippen molar-refractivity contribution in [2.75, 3.05) is 6.61 Å². The van der Waals surface area contributed by atoms with Gasteiger partial charge in [0, 0.05) is 18.7 Å². The average Bonchev–Trinajstić information content (AvgIpc) is 2.99. The van der Waals surface area contributed by atoms with Crippen LogP contribution in [0.2, 0.25) is 0 Å². The number of nitrogens with one attached hydrogen (secondary N) is 1. The van der Waals surface area contributed by atoms with E-state index in [1.807, 2.05) is 12.1 Å². The molecule has 2 aromatic rings. The summed E-state index contributed by atoms with van der Waals surface area (Å²) in [6.07, 6.45) is 3.38. The minimum atomic E-state index is 0.236. The number of hydrogen-bond acceptors (Lipinski definition) is 5. The first-order valence-electron chi connectivity index (χ1n) is 6.91. The highest BCUT2D eigenvalue weighted by Gasteiger charge is 2.10. The van der Waals surface area contributed by atoms with Gasteiger partial charge in [0.05, 0.1) is 5.69 Å². The number of benzene rings is 1. The summed E-state index contributed by atoms with van der Waals surface area (Å²) in [5.74, 6) is 0. The molecule has 0 bridgehead atoms. The molecule has 108 valence electrons. The summed E-state index contributed by atoms with van der Waals surface area (Å²) < 4.78 is 1.64. The molecule has 1 heterocycles. The van der Waals surface area contributed by atoms with E-state index < -0.39 is 0 Å². The number of nitrogens with zero attached hydrogens (tertiary/aromatic N) is 4. The number of hydrogen-bond donors (Lipinski definition) is 2. The van der Waals surface area contributed by atoms with Gasteiger partial charge in [0.25, 0.3) is 0 Å². The van der Waals surface area contributed by atoms with Gasteiger partial charge in [0.2, 0.25) is 0 Å². The quantitative estimate of drug-likeness (QED) is 0.800. The van der Waals surface area contributed by atoms with E-state index in [1.165, 1.54) is 5.56 Å². The molecule has 20 heavy (non-hydrogen) atoms. The van der Waals surface area contributed by atoms with Crippen LogP contribution in [0.1, 0.15) is 38.3 Å². The third-order valence-corrected chi connectivity index (χ3v) is 3.31. The van der Waals surface area contributed by atoms with E-state index >= 15 is 0 Å². The Kier molecular flexibility index (Phi) is 5.20. The zero-order chi connectivity index (χ0) is 14.4. The number of tetrazole rings is 1. The summed E-state index contributed by atoms with van der Waals surface area (Å²) in [4.78, 5) is 0. The molecule has 2 rings (SSSR count). The lowest BCUT2D eigenvalue weighted by Gasteiger charge is -2.20. The standard InChI is InChI=1S/C14H21N5O/c1-11(5-4-8-20)16-12(2)13-6-3-7-14(9-13)19-10-15-17-18-19/h3,6-7,9-12,16,20H,4-5,8H2,1-2H3. The molecular formula is C14H21N5O. The molecule has 0 aliphatic carbocycles. The summed E-state index contributed by atoms with van der Waals surface area (Å²) in [5.41, 5.74) is 2.14. The van der Waals surface area contributed by atoms with Crippen molar-refractivity contribution in [1.29, 1.82) is 0 Å². The predicted molar refractivity (Wildman–Crippen MR) is 76.5 cm³/mol. The monoisotopic (exact) mass is 275 g/mol. The molecule has 2 unspecified atom stereocenters. The second-order valence-electron chi connectivity index (χ2n) is 5.00. The first-order valence-corrected chi connectivity index (χ1v) is 6.91. The molecule has 0 aliphatic rings. The Morgan fingerprint density at radius 2 is 2.20 bits per heavy atom. The lowest BCUT2D eigenvalue weighted by atomic mass is 10.1. The molecular weight excluding hydrogens is 254 g/mol. The largest absolute Gasteiger partial charge is 0.396 e. The van der Waals surface area contributed by atoms with Crippen LogP contribution in [0, 0.1) is 0 Å². The number of aliphatic hydroxyl groups excluding tert-OH is 1. The fourth-order valence-electron chi connectivity index (χ4n) is 2.22. The maximum atomic E-state index is 8.86. The van der Waals surface area contributed by atoms with Crippen LogP contribution < -0.4 is 5.32 Å². The zero-order valence-electron chi connectivity index (χ0n) is 11.9. The van der Waals surface area contributed by atoms with Crippen molar-refractivity contribution in [2.45, 2.75) is 38.8 Å². The maximum absolute atomic E-state index is 8.86. The zero-order valence-corrected chi connectivity index (χ0v) is 11.9. The van der Waals surface area contributed by atoms with E-state index in [0.717, 1.165) is 18.5 Å². The SMILES string of the molecule is CC(CCCO)NC(C)c1cccc(-n2cnnn2)c1. The van der Waals surface area contributed by atoms with Crippen LogP contribution in [0.5, 0.6) is 0 Å². The van der Waals surface area contributed by atoms with Crippen molar-refractivity contribution < 1.29 is 5.11 Å². The third-order valence-electron chi connectivity index (χ3n) is 3.31. The Hall–Kier alpha value is -1.79. The summed E-state index contributed by atoms with van der Waals surface area (Å²) in [6.45, 7) is 4.51. The highest BCUT2D eigenvalue weighted by atomic mass is 16.2. The van der Waals surface area contributed by atoms with E-state index in [2.05, 4.69) is 46.8 Å². The molecule has 2 atom stereocenters. The Morgan fingerprint density at radius 3 is 2.90 bits per heavy atom. The summed E-state index contributed by atoms with van der Waals surface area (Å²) >= 11 is 0. The molecule has 0 saturated carbocycles. The van der Waals surface area contributed by atoms with Gasteiger partial charge in [-0.3, -0.25) is 0 Å². The third kappa shape index (κ3) is 3.85. The van der Waals surface area contributed by atoms with Gasteiger partial charge in [-0.25, -0.2) is 4.68 Å². The van der Waals surface area contributed by atoms with E-state index in [4.69, 9.17) is 5.11 Å². The van der Waals surface area contributed by atoms with Gasteiger partial charge in [-0.15, -0.1) is 5.10 Å². The lowest BCUT2D eigenvalue weighted by molar-refractivity contribution is 0.274. The second kappa shape index (κ2) is 7.12. The Balaban J connectivity index is 2.03. The van der Waals surface area contributed by atoms with Gasteiger partial charge in [-0.2, -0.15) is 0 Å². The average molecular weight is 275 g/mol. The predicted octanol–water partition coefficient (Wildman–Crippen LogP) is 1.47. The van der Waals surface area contributed by atoms with Crippen LogP contribution in [0.25, 0.3) is 5.69 Å². The Bertz CT molecular complexity index is 514. The molecule has 1 aromatic carbocycles. The lowest BCUT2D eigenvalue weighted by Crippen LogP contribution is -2.29. The van der Waals surface area contributed by atoms with Gasteiger partial charge in [0.15, 0.2) is 0 Å². The summed E-state index contributed by atoms with van der Waals surface area (Å²) in [6, 6.07) is 8.75. The maximum Gasteiger partial charge on any atom is 0.143 e. The molecule has 1 aromatic heterocycles. The van der Waals surface area contributed by atoms with E-state index in [9.17, 15) is 0 Å². The minimum Gasteiger partial charge on any atom is -0.396 e. The van der Waals surface area contributed by atoms with E-state index in [0.29, 0.717) is 6.04 Å². The molecule has 6 heteroatoms.